The maximum atomic E-state index is 13.1. The molecule has 0 unspecified atom stereocenters. The van der Waals surface area contributed by atoms with E-state index < -0.39 is 24.0 Å². The van der Waals surface area contributed by atoms with Crippen LogP contribution >= 0.6 is 11.3 Å². The van der Waals surface area contributed by atoms with Crippen molar-refractivity contribution in [3.05, 3.63) is 112 Å². The molecule has 2 amide bonds. The first-order valence-electron chi connectivity index (χ1n) is 15.1. The van der Waals surface area contributed by atoms with Crippen molar-refractivity contribution < 1.29 is 19.5 Å². The van der Waals surface area contributed by atoms with Gasteiger partial charge in [0, 0.05) is 34.8 Å². The molecule has 4 rings (SSSR count). The number of amides is 2. The van der Waals surface area contributed by atoms with E-state index in [-0.39, 0.29) is 17.7 Å². The van der Waals surface area contributed by atoms with Crippen molar-refractivity contribution in [2.45, 2.75) is 70.9 Å². The maximum absolute atomic E-state index is 13.1. The van der Waals surface area contributed by atoms with Crippen molar-refractivity contribution in [2.75, 3.05) is 0 Å². The Morgan fingerprint density at radius 2 is 1.60 bits per heavy atom. The predicted octanol–water partition coefficient (Wildman–Crippen LogP) is 6.47. The minimum atomic E-state index is -1.16. The summed E-state index contributed by atoms with van der Waals surface area (Å²) in [5.41, 5.74) is 3.76. The number of aliphatic carboxylic acids is 1. The standard InChI is InChI=1S/C36H40N4O4S/c1-24(35(43)44)39-33(41)29(40-34(42)30-19-20-31(45-30)36(2,3)4)21-26-15-17-28(18-16-26)32-37-22-27(23-38-32)14-10-6-9-13-25-11-7-5-8-12-25/h5,7-8,10-12,14-20,22-24,29H,6,9,13,21H2,1-4H3,(H,39,41)(H,40,42)(H,43,44)/b14-10+/t24-,29+/m1/s1. The lowest BCUT2D eigenvalue weighted by Crippen LogP contribution is -2.51. The fourth-order valence-corrected chi connectivity index (χ4v) is 5.53. The van der Waals surface area contributed by atoms with Gasteiger partial charge < -0.3 is 15.7 Å². The molecule has 0 saturated carbocycles. The van der Waals surface area contributed by atoms with Crippen molar-refractivity contribution in [3.63, 3.8) is 0 Å². The fraction of sp³-hybridized carbons (Fsp3) is 0.306. The number of hydrogen-bond acceptors (Lipinski definition) is 6. The summed E-state index contributed by atoms with van der Waals surface area (Å²) >= 11 is 1.38. The number of carboxylic acid groups (broad SMARTS) is 1. The van der Waals surface area contributed by atoms with Crippen LogP contribution in [0.1, 0.15) is 71.8 Å². The quantitative estimate of drug-likeness (QED) is 0.147. The highest BCUT2D eigenvalue weighted by Crippen LogP contribution is 2.29. The second-order valence-electron chi connectivity index (χ2n) is 12.0. The zero-order valence-electron chi connectivity index (χ0n) is 26.1. The first-order valence-corrected chi connectivity index (χ1v) is 15.9. The maximum Gasteiger partial charge on any atom is 0.325 e. The van der Waals surface area contributed by atoms with E-state index in [2.05, 4.69) is 71.7 Å². The molecule has 0 radical (unpaired) electrons. The number of thiophene rings is 1. The molecule has 2 heterocycles. The van der Waals surface area contributed by atoms with E-state index in [0.717, 1.165) is 40.8 Å². The van der Waals surface area contributed by atoms with Gasteiger partial charge in [-0.1, -0.05) is 87.5 Å². The summed E-state index contributed by atoms with van der Waals surface area (Å²) in [7, 11) is 0. The van der Waals surface area contributed by atoms with Gasteiger partial charge in [-0.05, 0) is 54.9 Å². The van der Waals surface area contributed by atoms with Crippen LogP contribution in [0.3, 0.4) is 0 Å². The number of nitrogens with zero attached hydrogens (tertiary/aromatic N) is 2. The molecule has 0 fully saturated rings. The van der Waals surface area contributed by atoms with Gasteiger partial charge in [-0.25, -0.2) is 9.97 Å². The van der Waals surface area contributed by atoms with E-state index in [1.807, 2.05) is 42.5 Å². The third-order valence-electron chi connectivity index (χ3n) is 7.23. The van der Waals surface area contributed by atoms with Gasteiger partial charge in [0.1, 0.15) is 12.1 Å². The molecule has 2 aromatic heterocycles. The third kappa shape index (κ3) is 9.94. The Kier molecular flexibility index (Phi) is 11.4. The Morgan fingerprint density at radius 1 is 0.911 bits per heavy atom. The lowest BCUT2D eigenvalue weighted by molar-refractivity contribution is -0.141. The van der Waals surface area contributed by atoms with Crippen LogP contribution in [0.4, 0.5) is 0 Å². The minimum Gasteiger partial charge on any atom is -0.480 e. The van der Waals surface area contributed by atoms with Crippen molar-refractivity contribution in [1.29, 1.82) is 0 Å². The van der Waals surface area contributed by atoms with Crippen LogP contribution in [-0.4, -0.2) is 44.9 Å². The number of carbonyl (C=O) groups is 3. The Hall–Kier alpha value is -4.63. The summed E-state index contributed by atoms with van der Waals surface area (Å²) in [6.07, 6.45) is 11.0. The summed E-state index contributed by atoms with van der Waals surface area (Å²) in [5, 5.41) is 14.6. The molecule has 45 heavy (non-hydrogen) atoms. The van der Waals surface area contributed by atoms with E-state index in [0.29, 0.717) is 10.7 Å². The molecular formula is C36H40N4O4S. The number of hydrogen-bond donors (Lipinski definition) is 3. The molecule has 2 atom stereocenters. The summed E-state index contributed by atoms with van der Waals surface area (Å²) in [4.78, 5) is 48.1. The van der Waals surface area contributed by atoms with Crippen LogP contribution in [0, 0.1) is 0 Å². The van der Waals surface area contributed by atoms with Gasteiger partial charge >= 0.3 is 5.97 Å². The molecule has 2 aromatic carbocycles. The van der Waals surface area contributed by atoms with Gasteiger partial charge in [-0.3, -0.25) is 14.4 Å². The van der Waals surface area contributed by atoms with Crippen molar-refractivity contribution >= 4 is 35.2 Å². The topological polar surface area (TPSA) is 121 Å². The number of allylic oxidation sites excluding steroid dienone is 1. The molecule has 0 saturated heterocycles. The third-order valence-corrected chi connectivity index (χ3v) is 8.74. The molecule has 234 valence electrons. The molecule has 4 aromatic rings. The number of rotatable bonds is 13. The average Bonchev–Trinajstić information content (AvgIpc) is 3.53. The van der Waals surface area contributed by atoms with E-state index >= 15 is 0 Å². The van der Waals surface area contributed by atoms with E-state index in [1.165, 1.54) is 23.8 Å². The molecule has 0 aliphatic carbocycles. The molecule has 9 heteroatoms. The largest absolute Gasteiger partial charge is 0.480 e. The molecule has 0 bridgehead atoms. The molecule has 0 aliphatic rings. The Labute approximate surface area is 268 Å². The number of benzene rings is 2. The Balaban J connectivity index is 1.38. The summed E-state index contributed by atoms with van der Waals surface area (Å²) in [6, 6.07) is 19.5. The minimum absolute atomic E-state index is 0.109. The number of aromatic nitrogens is 2. The van der Waals surface area contributed by atoms with Crippen LogP contribution in [0.5, 0.6) is 0 Å². The zero-order chi connectivity index (χ0) is 32.4. The van der Waals surface area contributed by atoms with Gasteiger partial charge in [0.15, 0.2) is 5.82 Å². The summed E-state index contributed by atoms with van der Waals surface area (Å²) in [6.45, 7) is 7.59. The second kappa shape index (κ2) is 15.4. The Bertz CT molecular complexity index is 1610. The van der Waals surface area contributed by atoms with Crippen LogP contribution in [-0.2, 0) is 27.8 Å². The van der Waals surface area contributed by atoms with E-state index in [4.69, 9.17) is 0 Å². The highest BCUT2D eigenvalue weighted by molar-refractivity contribution is 7.14. The van der Waals surface area contributed by atoms with Crippen LogP contribution in [0.25, 0.3) is 17.5 Å². The lowest BCUT2D eigenvalue weighted by atomic mass is 9.95. The van der Waals surface area contributed by atoms with Crippen molar-refractivity contribution in [2.24, 2.45) is 0 Å². The van der Waals surface area contributed by atoms with Gasteiger partial charge in [0.25, 0.3) is 5.91 Å². The summed E-state index contributed by atoms with van der Waals surface area (Å²) < 4.78 is 0. The number of unbranched alkanes of at least 4 members (excludes halogenated alkanes) is 1. The zero-order valence-corrected chi connectivity index (χ0v) is 26.9. The smallest absolute Gasteiger partial charge is 0.325 e. The number of carbonyl (C=O) groups excluding carboxylic acids is 2. The first kappa shape index (κ1) is 33.3. The first-order chi connectivity index (χ1) is 21.5. The van der Waals surface area contributed by atoms with Gasteiger partial charge in [0.2, 0.25) is 5.91 Å². The fourth-order valence-electron chi connectivity index (χ4n) is 4.56. The summed E-state index contributed by atoms with van der Waals surface area (Å²) in [5.74, 6) is -1.53. The van der Waals surface area contributed by atoms with Crippen molar-refractivity contribution in [3.8, 4) is 11.4 Å². The van der Waals surface area contributed by atoms with E-state index in [9.17, 15) is 19.5 Å². The van der Waals surface area contributed by atoms with Crippen LogP contribution < -0.4 is 10.6 Å². The molecule has 0 spiro atoms. The van der Waals surface area contributed by atoms with Crippen LogP contribution in [0.15, 0.2) is 85.2 Å². The predicted molar refractivity (Wildman–Crippen MR) is 179 cm³/mol. The lowest BCUT2D eigenvalue weighted by Gasteiger charge is -2.20. The average molecular weight is 625 g/mol. The normalized spacial score (nSPS) is 12.9. The van der Waals surface area contributed by atoms with Gasteiger partial charge in [-0.15, -0.1) is 11.3 Å². The Morgan fingerprint density at radius 3 is 2.22 bits per heavy atom. The molecule has 3 N–H and O–H groups in total. The van der Waals surface area contributed by atoms with Gasteiger partial charge in [0.05, 0.1) is 4.88 Å². The van der Waals surface area contributed by atoms with Crippen LogP contribution in [0.2, 0.25) is 0 Å². The number of aryl methyl sites for hydroxylation is 1. The molecular weight excluding hydrogens is 584 g/mol. The monoisotopic (exact) mass is 624 g/mol. The molecule has 0 aliphatic heterocycles. The van der Waals surface area contributed by atoms with Crippen molar-refractivity contribution in [1.82, 2.24) is 20.6 Å². The SMILES string of the molecule is C[C@@H](NC(=O)[C@H](Cc1ccc(-c2ncc(/C=C/CCCc3ccccc3)cn2)cc1)NC(=O)c1ccc(C(C)(C)C)s1)C(=O)O. The van der Waals surface area contributed by atoms with E-state index in [1.54, 1.807) is 18.5 Å². The number of carboxylic acids is 1. The molecule has 8 nitrogen and oxygen atoms in total. The highest BCUT2D eigenvalue weighted by atomic mass is 32.1. The highest BCUT2D eigenvalue weighted by Gasteiger charge is 2.26. The second-order valence-corrected chi connectivity index (χ2v) is 13.1. The van der Waals surface area contributed by atoms with Gasteiger partial charge in [-0.2, -0.15) is 0 Å². The number of nitrogens with one attached hydrogen (secondary N) is 2.